The van der Waals surface area contributed by atoms with Crippen molar-refractivity contribution in [3.63, 3.8) is 0 Å². The second kappa shape index (κ2) is 51.9. The molecule has 0 aliphatic carbocycles. The van der Waals surface area contributed by atoms with Gasteiger partial charge in [-0.25, -0.2) is 19.9 Å². The Morgan fingerprint density at radius 1 is 0.289 bits per heavy atom. The molecule has 22 aromatic rings. The minimum absolute atomic E-state index is 0. The maximum Gasteiger partial charge on any atom is 3.00 e. The predicted molar refractivity (Wildman–Crippen MR) is 599 cm³/mol. The van der Waals surface area contributed by atoms with Gasteiger partial charge in [0, 0.05) is 101 Å². The van der Waals surface area contributed by atoms with Gasteiger partial charge >= 0.3 is 60.3 Å². The molecule has 4 aliphatic heterocycles. The molecule has 14 aromatic carbocycles. The standard InChI is InChI=1S/C26H26N4.C23H18NSi.2C17H11N2.C14H12N2.3C10H10N2.4Ir/c1-17(2)19-10-7-11-20(18(3)4)24(19)29-16-15-28-26(29)30-23-13-6-5-9-21(23)22-12-8-14-27-25(22)30;1-4-12-20(13-5-1)25(21-14-6-2-7-15-21,22-16-8-3-9-17-22)23-18-10-11-19-24-23;1-3-9-15-13(7-1)14-8-2-4-10-16(14)19(15)17-11-5-6-12-18-17;1-2-7-13(8-3-1)19-16-11-5-4-9-14(16)15-10-6-12-18-17(15)19;1-15-11-16(12-7-3-2-4-8-12)14-10-6-5-9-13(14)15;3*1-11-7-8-12(9-11)10-5-3-2-4-6-10;;;;/h5-18H,1-4H3;1-16,18-19H;1-9,11-12H;1-7,9-12H;2-7,9-11H,1H3;3*2-5,7-9H,1H3;;;;/q;3*-1;4*-2;;3*+3. The van der Waals surface area contributed by atoms with E-state index in [1.165, 1.54) is 81.7 Å². The fraction of sp³-hybridized carbons (Fsp3) is 0.0787. The van der Waals surface area contributed by atoms with E-state index in [-0.39, 0.29) is 80.4 Å². The van der Waals surface area contributed by atoms with Gasteiger partial charge in [-0.05, 0) is 183 Å². The van der Waals surface area contributed by atoms with Crippen molar-refractivity contribution in [3.8, 4) is 23.1 Å². The van der Waals surface area contributed by atoms with Crippen LogP contribution in [0.1, 0.15) is 50.7 Å². The molecular weight excluding hydrogens is 2560 g/mol. The topological polar surface area (TPSA) is 110 Å². The molecule has 743 valence electrons. The van der Waals surface area contributed by atoms with E-state index in [1.807, 2.05) is 309 Å². The van der Waals surface area contributed by atoms with E-state index in [0.29, 0.717) is 11.8 Å². The van der Waals surface area contributed by atoms with E-state index in [1.54, 1.807) is 0 Å². The fourth-order valence-electron chi connectivity index (χ4n) is 18.5. The first-order valence-corrected chi connectivity index (χ1v) is 50.4. The number of hydrogen-bond acceptors (Lipinski definition) is 13. The summed E-state index contributed by atoms with van der Waals surface area (Å²) >= 11 is 0. The first-order chi connectivity index (χ1) is 71.3. The monoisotopic (exact) mass is 2670 g/mol. The van der Waals surface area contributed by atoms with Gasteiger partial charge in [0.2, 0.25) is 5.95 Å². The van der Waals surface area contributed by atoms with Crippen molar-refractivity contribution in [1.82, 2.24) is 57.9 Å². The second-order valence-electron chi connectivity index (χ2n) is 35.4. The molecule has 26 rings (SSSR count). The summed E-state index contributed by atoms with van der Waals surface area (Å²) in [6.07, 6.45) is 23.4. The maximum atomic E-state index is 4.82. The summed E-state index contributed by atoms with van der Waals surface area (Å²) < 4.78 is 8.74. The Labute approximate surface area is 929 Å². The minimum Gasteiger partial charge on any atom is -0.510 e. The van der Waals surface area contributed by atoms with Gasteiger partial charge in [-0.15, -0.1) is 34.2 Å². The maximum absolute atomic E-state index is 4.82. The Hall–Kier alpha value is -15.3. The summed E-state index contributed by atoms with van der Waals surface area (Å²) in [6, 6.07) is 159. The second-order valence-corrected chi connectivity index (χ2v) is 39.1. The van der Waals surface area contributed by atoms with Gasteiger partial charge in [-0.1, -0.05) is 197 Å². The first kappa shape index (κ1) is 108. The quantitative estimate of drug-likeness (QED) is 0.0586. The van der Waals surface area contributed by atoms with Crippen LogP contribution in [0.5, 0.6) is 0 Å². The molecule has 17 nitrogen and oxygen atoms in total. The molecule has 22 heteroatoms. The summed E-state index contributed by atoms with van der Waals surface area (Å²) in [5.74, 6) is 2.61. The van der Waals surface area contributed by atoms with Crippen LogP contribution in [-0.4, -0.2) is 94.2 Å². The smallest absolute Gasteiger partial charge is 0.510 e. The summed E-state index contributed by atoms with van der Waals surface area (Å²) in [5, 5.41) is 12.2. The van der Waals surface area contributed by atoms with Crippen LogP contribution < -0.4 is 45.4 Å². The van der Waals surface area contributed by atoms with E-state index in [0.717, 1.165) is 73.2 Å². The zero-order chi connectivity index (χ0) is 99.2. The summed E-state index contributed by atoms with van der Waals surface area (Å²) in [4.78, 5) is 39.7. The molecule has 0 saturated heterocycles. The number of pyridine rings is 4. The number of para-hydroxylation sites is 12. The van der Waals surface area contributed by atoms with Gasteiger partial charge in [-0.3, -0.25) is 14.1 Å². The molecule has 0 amide bonds. The van der Waals surface area contributed by atoms with Crippen molar-refractivity contribution in [2.45, 2.75) is 39.5 Å². The zero-order valence-electron chi connectivity index (χ0n) is 83.4. The van der Waals surface area contributed by atoms with Gasteiger partial charge in [-0.2, -0.15) is 232 Å². The van der Waals surface area contributed by atoms with Gasteiger partial charge in [0.05, 0.1) is 16.7 Å². The van der Waals surface area contributed by atoms with Crippen LogP contribution in [0, 0.1) is 69.1 Å². The van der Waals surface area contributed by atoms with Crippen molar-refractivity contribution in [1.29, 1.82) is 0 Å². The average Bonchev–Trinajstić information content (AvgIpc) is 1.60. The van der Waals surface area contributed by atoms with Crippen LogP contribution in [0.3, 0.4) is 0 Å². The van der Waals surface area contributed by atoms with Gasteiger partial charge in [0.1, 0.15) is 17.1 Å². The molecule has 0 atom stereocenters. The van der Waals surface area contributed by atoms with E-state index in [2.05, 4.69) is 359 Å². The Morgan fingerprint density at radius 2 is 0.685 bits per heavy atom. The molecular formula is C127H108Ir4N17Si-2. The Bertz CT molecular complexity index is 7430. The number of nitrogens with zero attached hydrogens (tertiary/aromatic N) is 17. The van der Waals surface area contributed by atoms with Crippen molar-refractivity contribution in [2.75, 3.05) is 52.7 Å². The molecule has 4 aliphatic rings. The number of anilines is 6. The van der Waals surface area contributed by atoms with E-state index < -0.39 is 8.07 Å². The molecule has 149 heavy (non-hydrogen) atoms. The Balaban J connectivity index is 0.000000129. The van der Waals surface area contributed by atoms with Crippen molar-refractivity contribution >= 4 is 129 Å². The van der Waals surface area contributed by atoms with Crippen LogP contribution in [0.4, 0.5) is 34.1 Å². The van der Waals surface area contributed by atoms with Crippen molar-refractivity contribution in [2.24, 2.45) is 0 Å². The normalized spacial score (nSPS) is 12.4. The number of imidazole rings is 1. The third-order valence-corrected chi connectivity index (χ3v) is 29.7. The van der Waals surface area contributed by atoms with E-state index >= 15 is 0 Å². The molecule has 0 spiro atoms. The minimum atomic E-state index is -2.47. The van der Waals surface area contributed by atoms with Crippen LogP contribution in [0.25, 0.3) is 88.8 Å². The molecule has 0 unspecified atom stereocenters. The van der Waals surface area contributed by atoms with Crippen LogP contribution in [0.2, 0.25) is 0 Å². The molecule has 8 aromatic heterocycles. The van der Waals surface area contributed by atoms with E-state index in [4.69, 9.17) is 15.0 Å². The number of aromatic nitrogens is 9. The van der Waals surface area contributed by atoms with Crippen molar-refractivity contribution in [3.05, 3.63) is 555 Å². The van der Waals surface area contributed by atoms with Gasteiger partial charge in [0.15, 0.2) is 8.07 Å². The Morgan fingerprint density at radius 3 is 1.14 bits per heavy atom. The average molecular weight is 2670 g/mol. The van der Waals surface area contributed by atoms with Gasteiger partial charge < -0.3 is 48.3 Å². The van der Waals surface area contributed by atoms with Gasteiger partial charge in [0.25, 0.3) is 0 Å². The molecule has 1 radical (unpaired) electrons. The van der Waals surface area contributed by atoms with Crippen LogP contribution >= 0.6 is 0 Å². The largest absolute Gasteiger partial charge is 3.00 e. The molecule has 0 bridgehead atoms. The van der Waals surface area contributed by atoms with Crippen LogP contribution in [0.15, 0.2) is 475 Å². The number of fused-ring (bicyclic) bond motifs is 10. The summed E-state index contributed by atoms with van der Waals surface area (Å²) in [6.45, 7) is 17.1. The Kier molecular flexibility index (Phi) is 37.6. The summed E-state index contributed by atoms with van der Waals surface area (Å²) in [7, 11) is 5.59. The molecule has 0 N–H and O–H groups in total. The number of rotatable bonds is 14. The molecule has 0 fully saturated rings. The predicted octanol–water partition coefficient (Wildman–Crippen LogP) is 25.5. The number of hydrogen-bond donors (Lipinski definition) is 0. The van der Waals surface area contributed by atoms with Crippen molar-refractivity contribution < 1.29 is 80.4 Å². The van der Waals surface area contributed by atoms with E-state index in [9.17, 15) is 0 Å². The molecule has 12 heterocycles. The summed E-state index contributed by atoms with van der Waals surface area (Å²) in [5.41, 5.74) is 18.0. The fourth-order valence-corrected chi connectivity index (χ4v) is 22.9. The number of benzene rings is 14. The first-order valence-electron chi connectivity index (χ1n) is 48.4. The molecule has 0 saturated carbocycles. The van der Waals surface area contributed by atoms with Crippen LogP contribution in [-0.2, 0) is 80.4 Å². The SMILES string of the molecule is CC(C)c1cccc(C(C)C)c1-n1ccnc1-n1c2ccccc2c2cccnc21.CN1C=CN(c2[c-]cccc2)[CH-]1.CN1C=CN(c2[c-]cccc2)[CH-]1.CN1C=CN(c2[c-]cccc2)[CH-]1.CN1[CH-]N(c2[c-]cccc2)c2ccccc21.[Ir+3].[Ir+3].[Ir+3].[Ir].[c-]1cccc2c3ccccc3n(-c3ccccn3)c12.[c-]1ccccc1-n1c2ccccc2c2cccnc21.[c-]1ccccc1[Si](c1ccccc1)(c1ccccc1)c1ccccn1. The zero-order valence-corrected chi connectivity index (χ0v) is 94.0. The third-order valence-electron chi connectivity index (χ3n) is 25.1. The third kappa shape index (κ3) is 24.4.